The average Bonchev–Trinajstić information content (AvgIpc) is 2.44. The number of benzene rings is 1. The second-order valence-electron chi connectivity index (χ2n) is 4.47. The highest BCUT2D eigenvalue weighted by Crippen LogP contribution is 2.41. The number of nitrogens with one attached hydrogen (secondary N) is 1. The Balaban J connectivity index is 0.00000200. The number of nitrogens with zero attached hydrogens (tertiary/aromatic N) is 1. The molecule has 8 heteroatoms. The fourth-order valence-corrected chi connectivity index (χ4v) is 2.98. The molecule has 2 N–H and O–H groups in total. The number of hydrogen-bond acceptors (Lipinski definition) is 4. The number of halogens is 4. The van der Waals surface area contributed by atoms with Crippen molar-refractivity contribution in [2.45, 2.75) is 6.04 Å². The summed E-state index contributed by atoms with van der Waals surface area (Å²) in [4.78, 5) is 2.04. The molecule has 1 aromatic rings. The molecule has 0 aromatic heterocycles. The van der Waals surface area contributed by atoms with E-state index >= 15 is 0 Å². The van der Waals surface area contributed by atoms with E-state index in [2.05, 4.69) is 21.2 Å². The SMILES string of the molecule is COc1ccc(Br)c([C@@H](CF)N2CCNCC2)c1O.Cl.Cl. The van der Waals surface area contributed by atoms with Crippen LogP contribution in [-0.2, 0) is 0 Å². The molecule has 0 bridgehead atoms. The molecule has 1 aliphatic rings. The van der Waals surface area contributed by atoms with Gasteiger partial charge in [0, 0.05) is 36.2 Å². The number of ether oxygens (including phenoxy) is 1. The third-order valence-electron chi connectivity index (χ3n) is 3.42. The summed E-state index contributed by atoms with van der Waals surface area (Å²) in [5.74, 6) is 0.379. The number of alkyl halides is 1. The van der Waals surface area contributed by atoms with Crippen LogP contribution in [0.1, 0.15) is 11.6 Å². The molecule has 0 amide bonds. The van der Waals surface area contributed by atoms with Gasteiger partial charge in [0.05, 0.1) is 13.2 Å². The molecular weight excluding hydrogens is 386 g/mol. The first-order valence-electron chi connectivity index (χ1n) is 6.25. The minimum atomic E-state index is -0.542. The van der Waals surface area contributed by atoms with Gasteiger partial charge in [-0.15, -0.1) is 24.8 Å². The first kappa shape index (κ1) is 20.7. The van der Waals surface area contributed by atoms with Crippen LogP contribution >= 0.6 is 40.7 Å². The highest BCUT2D eigenvalue weighted by atomic mass is 79.9. The second-order valence-corrected chi connectivity index (χ2v) is 5.32. The summed E-state index contributed by atoms with van der Waals surface area (Å²) in [6, 6.07) is 2.99. The van der Waals surface area contributed by atoms with Crippen molar-refractivity contribution in [3.05, 3.63) is 22.2 Å². The van der Waals surface area contributed by atoms with Crippen molar-refractivity contribution in [2.75, 3.05) is 40.0 Å². The summed E-state index contributed by atoms with van der Waals surface area (Å²) in [6.45, 7) is 2.65. The minimum Gasteiger partial charge on any atom is -0.504 e. The highest BCUT2D eigenvalue weighted by molar-refractivity contribution is 9.10. The lowest BCUT2D eigenvalue weighted by molar-refractivity contribution is 0.144. The van der Waals surface area contributed by atoms with Crippen molar-refractivity contribution in [3.63, 3.8) is 0 Å². The number of piperazine rings is 1. The summed E-state index contributed by atoms with van der Waals surface area (Å²) in [5.41, 5.74) is 0.559. The van der Waals surface area contributed by atoms with Crippen molar-refractivity contribution < 1.29 is 14.2 Å². The smallest absolute Gasteiger partial charge is 0.163 e. The fourth-order valence-electron chi connectivity index (χ4n) is 2.40. The standard InChI is InChI=1S/C13H18BrFN2O2.2ClH/c1-19-11-3-2-9(14)12(13(11)18)10(8-15)17-6-4-16-5-7-17;;/h2-3,10,16,18H,4-8H2,1H3;2*1H/t10-;;/m1../s1. The van der Waals surface area contributed by atoms with Crippen LogP contribution in [0.25, 0.3) is 0 Å². The van der Waals surface area contributed by atoms with Crippen molar-refractivity contribution in [1.82, 2.24) is 10.2 Å². The maximum atomic E-state index is 13.5. The first-order valence-corrected chi connectivity index (χ1v) is 7.04. The lowest BCUT2D eigenvalue weighted by Crippen LogP contribution is -2.45. The van der Waals surface area contributed by atoms with Gasteiger partial charge in [0.25, 0.3) is 0 Å². The Hall–Kier alpha value is -0.270. The van der Waals surface area contributed by atoms with E-state index in [4.69, 9.17) is 4.74 Å². The Labute approximate surface area is 145 Å². The van der Waals surface area contributed by atoms with Crippen LogP contribution in [0.3, 0.4) is 0 Å². The Kier molecular flexibility index (Phi) is 9.56. The van der Waals surface area contributed by atoms with Crippen LogP contribution in [0, 0.1) is 0 Å². The summed E-state index contributed by atoms with van der Waals surface area (Å²) < 4.78 is 19.3. The van der Waals surface area contributed by atoms with E-state index in [9.17, 15) is 9.50 Å². The molecule has 0 saturated carbocycles. The zero-order chi connectivity index (χ0) is 13.8. The molecule has 2 rings (SSSR count). The first-order chi connectivity index (χ1) is 9.19. The molecule has 0 spiro atoms. The Bertz CT molecular complexity index is 448. The van der Waals surface area contributed by atoms with E-state index in [1.165, 1.54) is 7.11 Å². The van der Waals surface area contributed by atoms with Crippen LogP contribution < -0.4 is 10.1 Å². The Morgan fingerprint density at radius 1 is 1.38 bits per heavy atom. The fraction of sp³-hybridized carbons (Fsp3) is 0.538. The lowest BCUT2D eigenvalue weighted by Gasteiger charge is -2.34. The molecule has 0 radical (unpaired) electrons. The number of rotatable bonds is 4. The van der Waals surface area contributed by atoms with Gasteiger partial charge in [0.1, 0.15) is 6.67 Å². The van der Waals surface area contributed by atoms with Crippen molar-refractivity contribution in [3.8, 4) is 11.5 Å². The monoisotopic (exact) mass is 404 g/mol. The van der Waals surface area contributed by atoms with Gasteiger partial charge in [-0.05, 0) is 12.1 Å². The van der Waals surface area contributed by atoms with E-state index in [-0.39, 0.29) is 30.6 Å². The third-order valence-corrected chi connectivity index (χ3v) is 4.11. The molecule has 1 saturated heterocycles. The van der Waals surface area contributed by atoms with Gasteiger partial charge in [-0.1, -0.05) is 15.9 Å². The quantitative estimate of drug-likeness (QED) is 0.808. The van der Waals surface area contributed by atoms with Gasteiger partial charge >= 0.3 is 0 Å². The molecular formula is C13H20BrCl2FN2O2. The normalized spacial score (nSPS) is 16.5. The summed E-state index contributed by atoms with van der Waals surface area (Å²) >= 11 is 3.39. The molecule has 1 atom stereocenters. The minimum absolute atomic E-state index is 0. The lowest BCUT2D eigenvalue weighted by atomic mass is 10.0. The number of hydrogen-bond donors (Lipinski definition) is 2. The van der Waals surface area contributed by atoms with E-state index in [0.29, 0.717) is 15.8 Å². The van der Waals surface area contributed by atoms with Gasteiger partial charge in [-0.25, -0.2) is 4.39 Å². The largest absolute Gasteiger partial charge is 0.504 e. The average molecular weight is 406 g/mol. The van der Waals surface area contributed by atoms with Crippen LogP contribution in [0.4, 0.5) is 4.39 Å². The number of methoxy groups -OCH3 is 1. The van der Waals surface area contributed by atoms with E-state index < -0.39 is 12.7 Å². The third kappa shape index (κ3) is 4.60. The number of aromatic hydroxyl groups is 1. The molecule has 1 fully saturated rings. The van der Waals surface area contributed by atoms with Crippen molar-refractivity contribution >= 4 is 40.7 Å². The van der Waals surface area contributed by atoms with Crippen LogP contribution in [-0.4, -0.2) is 50.0 Å². The van der Waals surface area contributed by atoms with Crippen LogP contribution in [0.5, 0.6) is 11.5 Å². The summed E-state index contributed by atoms with van der Waals surface area (Å²) in [7, 11) is 1.49. The van der Waals surface area contributed by atoms with Crippen molar-refractivity contribution in [1.29, 1.82) is 0 Å². The van der Waals surface area contributed by atoms with Crippen LogP contribution in [0.2, 0.25) is 0 Å². The predicted molar refractivity (Wildman–Crippen MR) is 90.0 cm³/mol. The highest BCUT2D eigenvalue weighted by Gasteiger charge is 2.27. The predicted octanol–water partition coefficient (Wildman–Crippen LogP) is 2.92. The molecule has 1 aromatic carbocycles. The van der Waals surface area contributed by atoms with Gasteiger partial charge in [-0.3, -0.25) is 4.90 Å². The summed E-state index contributed by atoms with van der Waals surface area (Å²) in [5, 5.41) is 13.5. The zero-order valence-corrected chi connectivity index (χ0v) is 14.9. The van der Waals surface area contributed by atoms with E-state index in [1.807, 2.05) is 4.90 Å². The molecule has 0 unspecified atom stereocenters. The topological polar surface area (TPSA) is 44.7 Å². The van der Waals surface area contributed by atoms with Crippen molar-refractivity contribution in [2.24, 2.45) is 0 Å². The Morgan fingerprint density at radius 2 is 2.00 bits per heavy atom. The van der Waals surface area contributed by atoms with Gasteiger partial charge in [0.15, 0.2) is 11.5 Å². The molecule has 21 heavy (non-hydrogen) atoms. The number of phenolic OH excluding ortho intramolecular Hbond substituents is 1. The van der Waals surface area contributed by atoms with Gasteiger partial charge in [0.2, 0.25) is 0 Å². The van der Waals surface area contributed by atoms with E-state index in [0.717, 1.165) is 26.2 Å². The van der Waals surface area contributed by atoms with Gasteiger partial charge < -0.3 is 15.2 Å². The molecule has 1 aliphatic heterocycles. The second kappa shape index (κ2) is 9.69. The molecule has 122 valence electrons. The Morgan fingerprint density at radius 3 is 2.52 bits per heavy atom. The maximum Gasteiger partial charge on any atom is 0.163 e. The number of phenols is 1. The molecule has 1 heterocycles. The maximum absolute atomic E-state index is 13.5. The van der Waals surface area contributed by atoms with Gasteiger partial charge in [-0.2, -0.15) is 0 Å². The zero-order valence-electron chi connectivity index (χ0n) is 11.6. The summed E-state index contributed by atoms with van der Waals surface area (Å²) in [6.07, 6.45) is 0. The van der Waals surface area contributed by atoms with Crippen LogP contribution in [0.15, 0.2) is 16.6 Å². The molecule has 4 nitrogen and oxygen atoms in total. The molecule has 0 aliphatic carbocycles. The van der Waals surface area contributed by atoms with E-state index in [1.54, 1.807) is 12.1 Å².